The fraction of sp³-hybridized carbons (Fsp3) is 1.00. The van der Waals surface area contributed by atoms with Crippen molar-refractivity contribution in [3.8, 4) is 0 Å². The molecule has 4 heteroatoms. The van der Waals surface area contributed by atoms with Crippen LogP contribution in [0.25, 0.3) is 0 Å². The van der Waals surface area contributed by atoms with Crippen molar-refractivity contribution in [3.05, 3.63) is 0 Å². The third kappa shape index (κ3) is 3.19. The van der Waals surface area contributed by atoms with Gasteiger partial charge in [-0.2, -0.15) is 0 Å². The van der Waals surface area contributed by atoms with E-state index in [-0.39, 0.29) is 42.5 Å². The molecule has 1 aliphatic heterocycles. The van der Waals surface area contributed by atoms with Gasteiger partial charge in [-0.05, 0) is 27.7 Å². The molecule has 0 spiro atoms. The quantitative estimate of drug-likeness (QED) is 0.818. The highest BCUT2D eigenvalue weighted by atomic mass is 16.6. The van der Waals surface area contributed by atoms with Crippen molar-refractivity contribution in [3.63, 3.8) is 0 Å². The summed E-state index contributed by atoms with van der Waals surface area (Å²) in [7, 11) is 1.69. The van der Waals surface area contributed by atoms with Crippen LogP contribution in [0.1, 0.15) is 34.6 Å². The molecule has 1 N–H and O–H groups in total. The first-order valence-corrected chi connectivity index (χ1v) is 6.30. The molecular formula is C13H26O4. The molecule has 0 aliphatic carbocycles. The predicted molar refractivity (Wildman–Crippen MR) is 66.0 cm³/mol. The van der Waals surface area contributed by atoms with Crippen LogP contribution in [0, 0.1) is 5.92 Å². The second-order valence-corrected chi connectivity index (χ2v) is 5.58. The fourth-order valence-electron chi connectivity index (χ4n) is 2.41. The Morgan fingerprint density at radius 1 is 1.29 bits per heavy atom. The van der Waals surface area contributed by atoms with Crippen LogP contribution in [0.3, 0.4) is 0 Å². The van der Waals surface area contributed by atoms with Gasteiger partial charge in [-0.1, -0.05) is 6.92 Å². The van der Waals surface area contributed by atoms with Crippen LogP contribution in [0.15, 0.2) is 0 Å². The van der Waals surface area contributed by atoms with E-state index in [0.29, 0.717) is 0 Å². The summed E-state index contributed by atoms with van der Waals surface area (Å²) in [6.07, 6.45) is -0.511. The molecule has 1 aliphatic rings. The van der Waals surface area contributed by atoms with Gasteiger partial charge in [0.1, 0.15) is 12.2 Å². The van der Waals surface area contributed by atoms with Gasteiger partial charge in [0, 0.05) is 13.0 Å². The normalized spacial score (nSPS) is 37.4. The van der Waals surface area contributed by atoms with Crippen molar-refractivity contribution in [2.75, 3.05) is 13.7 Å². The summed E-state index contributed by atoms with van der Waals surface area (Å²) in [5.74, 6) is 0.207. The van der Waals surface area contributed by atoms with Gasteiger partial charge in [0.05, 0.1) is 24.4 Å². The summed E-state index contributed by atoms with van der Waals surface area (Å²) in [4.78, 5) is 0. The van der Waals surface area contributed by atoms with E-state index in [1.54, 1.807) is 7.11 Å². The molecule has 1 saturated heterocycles. The number of aliphatic hydroxyl groups is 1. The van der Waals surface area contributed by atoms with Crippen molar-refractivity contribution < 1.29 is 19.3 Å². The van der Waals surface area contributed by atoms with Crippen molar-refractivity contribution in [1.29, 1.82) is 0 Å². The molecule has 0 saturated carbocycles. The fourth-order valence-corrected chi connectivity index (χ4v) is 2.41. The minimum Gasteiger partial charge on any atom is -0.394 e. The summed E-state index contributed by atoms with van der Waals surface area (Å²) in [6.45, 7) is 10.1. The topological polar surface area (TPSA) is 47.9 Å². The zero-order chi connectivity index (χ0) is 13.2. The second-order valence-electron chi connectivity index (χ2n) is 5.58. The minimum atomic E-state index is -0.325. The highest BCUT2D eigenvalue weighted by Crippen LogP contribution is 2.37. The largest absolute Gasteiger partial charge is 0.394 e. The van der Waals surface area contributed by atoms with Gasteiger partial charge < -0.3 is 19.3 Å². The van der Waals surface area contributed by atoms with Gasteiger partial charge in [-0.3, -0.25) is 0 Å². The monoisotopic (exact) mass is 246 g/mol. The molecular weight excluding hydrogens is 220 g/mol. The minimum absolute atomic E-state index is 0.0482. The Kier molecular flexibility index (Phi) is 4.95. The van der Waals surface area contributed by atoms with Crippen LogP contribution in [0.4, 0.5) is 0 Å². The maximum absolute atomic E-state index is 9.45. The third-order valence-corrected chi connectivity index (χ3v) is 3.62. The molecule has 0 aromatic heterocycles. The van der Waals surface area contributed by atoms with Crippen LogP contribution in [0.5, 0.6) is 0 Å². The Labute approximate surface area is 104 Å². The van der Waals surface area contributed by atoms with Crippen LogP contribution >= 0.6 is 0 Å². The smallest absolute Gasteiger partial charge is 0.113 e. The lowest BCUT2D eigenvalue weighted by molar-refractivity contribution is -0.262. The van der Waals surface area contributed by atoms with E-state index in [9.17, 15) is 5.11 Å². The van der Waals surface area contributed by atoms with Crippen molar-refractivity contribution in [2.45, 2.75) is 64.6 Å². The van der Waals surface area contributed by atoms with Crippen LogP contribution < -0.4 is 0 Å². The van der Waals surface area contributed by atoms with Crippen LogP contribution in [-0.2, 0) is 14.2 Å². The van der Waals surface area contributed by atoms with Crippen LogP contribution in [0.2, 0.25) is 0 Å². The Hall–Kier alpha value is -0.160. The van der Waals surface area contributed by atoms with E-state index < -0.39 is 0 Å². The molecule has 1 rings (SSSR count). The van der Waals surface area contributed by atoms with Gasteiger partial charge in [-0.15, -0.1) is 0 Å². The average Bonchev–Trinajstić information content (AvgIpc) is 2.23. The number of hydrogen-bond acceptors (Lipinski definition) is 4. The van der Waals surface area contributed by atoms with Crippen molar-refractivity contribution >= 4 is 0 Å². The molecule has 102 valence electrons. The van der Waals surface area contributed by atoms with E-state index >= 15 is 0 Å². The molecule has 0 aromatic rings. The molecule has 0 bridgehead atoms. The summed E-state index contributed by atoms with van der Waals surface area (Å²) < 4.78 is 17.3. The van der Waals surface area contributed by atoms with Gasteiger partial charge in [0.15, 0.2) is 0 Å². The molecule has 1 heterocycles. The van der Waals surface area contributed by atoms with Gasteiger partial charge in [0.25, 0.3) is 0 Å². The second kappa shape index (κ2) is 5.65. The highest BCUT2D eigenvalue weighted by molar-refractivity contribution is 4.96. The van der Waals surface area contributed by atoms with Gasteiger partial charge in [-0.25, -0.2) is 0 Å². The summed E-state index contributed by atoms with van der Waals surface area (Å²) in [6, 6.07) is 0. The third-order valence-electron chi connectivity index (χ3n) is 3.62. The zero-order valence-corrected chi connectivity index (χ0v) is 11.8. The molecule has 0 aromatic carbocycles. The lowest BCUT2D eigenvalue weighted by Crippen LogP contribution is -2.60. The zero-order valence-electron chi connectivity index (χ0n) is 11.8. The Morgan fingerprint density at radius 2 is 1.88 bits per heavy atom. The Balaban J connectivity index is 2.90. The van der Waals surface area contributed by atoms with Gasteiger partial charge in [0.2, 0.25) is 0 Å². The lowest BCUT2D eigenvalue weighted by Gasteiger charge is -2.49. The molecule has 1 fully saturated rings. The number of methoxy groups -OCH3 is 1. The first kappa shape index (κ1) is 14.9. The maximum Gasteiger partial charge on any atom is 0.113 e. The van der Waals surface area contributed by atoms with E-state index in [0.717, 1.165) is 0 Å². The highest BCUT2D eigenvalue weighted by Gasteiger charge is 2.48. The SMILES string of the molecule is CO[C@@H]1C(C)C(C)(C)OC(CO)[C@H]1OC(C)C. The lowest BCUT2D eigenvalue weighted by atomic mass is 9.80. The average molecular weight is 246 g/mol. The molecule has 17 heavy (non-hydrogen) atoms. The molecule has 2 unspecified atom stereocenters. The molecule has 0 amide bonds. The Bertz CT molecular complexity index is 240. The molecule has 4 atom stereocenters. The number of ether oxygens (including phenoxy) is 3. The van der Waals surface area contributed by atoms with E-state index in [2.05, 4.69) is 6.92 Å². The first-order chi connectivity index (χ1) is 7.83. The van der Waals surface area contributed by atoms with Crippen LogP contribution in [-0.4, -0.2) is 48.8 Å². The van der Waals surface area contributed by atoms with Gasteiger partial charge >= 0.3 is 0 Å². The molecule has 0 radical (unpaired) electrons. The summed E-state index contributed by atoms with van der Waals surface area (Å²) in [5.41, 5.74) is -0.315. The summed E-state index contributed by atoms with van der Waals surface area (Å²) in [5, 5.41) is 9.45. The van der Waals surface area contributed by atoms with E-state index in [1.165, 1.54) is 0 Å². The summed E-state index contributed by atoms with van der Waals surface area (Å²) >= 11 is 0. The Morgan fingerprint density at radius 3 is 2.29 bits per heavy atom. The van der Waals surface area contributed by atoms with E-state index in [1.807, 2.05) is 27.7 Å². The molecule has 4 nitrogen and oxygen atoms in total. The van der Waals surface area contributed by atoms with Crippen molar-refractivity contribution in [2.24, 2.45) is 5.92 Å². The predicted octanol–water partition coefficient (Wildman–Crippen LogP) is 1.60. The number of rotatable bonds is 4. The first-order valence-electron chi connectivity index (χ1n) is 6.30. The number of aliphatic hydroxyl groups excluding tert-OH is 1. The van der Waals surface area contributed by atoms with Crippen molar-refractivity contribution in [1.82, 2.24) is 0 Å². The standard InChI is InChI=1S/C13H26O4/c1-8(2)16-12-10(7-14)17-13(4,5)9(3)11(12)15-6/h8-12,14H,7H2,1-6H3/t9?,10?,11-,12-/m1/s1. The number of hydrogen-bond donors (Lipinski definition) is 1. The van der Waals surface area contributed by atoms with E-state index in [4.69, 9.17) is 14.2 Å². The maximum atomic E-state index is 9.45.